The highest BCUT2D eigenvalue weighted by atomic mass is 16.1. The van der Waals surface area contributed by atoms with Gasteiger partial charge in [0.2, 0.25) is 5.91 Å². The third kappa shape index (κ3) is 3.02. The Labute approximate surface area is 81.1 Å². The molecule has 0 radical (unpaired) electrons. The van der Waals surface area contributed by atoms with Gasteiger partial charge in [0.1, 0.15) is 0 Å². The Bertz CT molecular complexity index is 171. The molecule has 1 amide bonds. The second kappa shape index (κ2) is 4.64. The molecule has 0 heterocycles. The third-order valence-electron chi connectivity index (χ3n) is 3.00. The van der Waals surface area contributed by atoms with Gasteiger partial charge in [-0.3, -0.25) is 4.79 Å². The van der Waals surface area contributed by atoms with Gasteiger partial charge in [-0.15, -0.1) is 0 Å². The normalized spacial score (nSPS) is 20.6. The van der Waals surface area contributed by atoms with Crippen molar-refractivity contribution in [3.8, 4) is 0 Å². The molecular formula is C11H21NO. The SMILES string of the molecule is CC(C)C(=O)NC(C)C1CCCC1. The van der Waals surface area contributed by atoms with Gasteiger partial charge in [-0.25, -0.2) is 0 Å². The maximum Gasteiger partial charge on any atom is 0.222 e. The summed E-state index contributed by atoms with van der Waals surface area (Å²) in [7, 11) is 0. The monoisotopic (exact) mass is 183 g/mol. The molecule has 1 N–H and O–H groups in total. The molecule has 2 nitrogen and oxygen atoms in total. The van der Waals surface area contributed by atoms with E-state index in [1.165, 1.54) is 25.7 Å². The summed E-state index contributed by atoms with van der Waals surface area (Å²) in [6, 6.07) is 0.373. The molecule has 13 heavy (non-hydrogen) atoms. The van der Waals surface area contributed by atoms with Crippen LogP contribution in [0.4, 0.5) is 0 Å². The minimum Gasteiger partial charge on any atom is -0.353 e. The van der Waals surface area contributed by atoms with Gasteiger partial charge < -0.3 is 5.32 Å². The van der Waals surface area contributed by atoms with E-state index < -0.39 is 0 Å². The predicted molar refractivity (Wildman–Crippen MR) is 54.4 cm³/mol. The lowest BCUT2D eigenvalue weighted by Gasteiger charge is -2.21. The predicted octanol–water partition coefficient (Wildman–Crippen LogP) is 2.34. The van der Waals surface area contributed by atoms with Crippen molar-refractivity contribution in [1.82, 2.24) is 5.32 Å². The number of hydrogen-bond acceptors (Lipinski definition) is 1. The van der Waals surface area contributed by atoms with E-state index in [0.717, 1.165) is 5.92 Å². The Morgan fingerprint density at radius 3 is 2.23 bits per heavy atom. The molecule has 2 heteroatoms. The molecule has 1 unspecified atom stereocenters. The molecule has 0 spiro atoms. The molecule has 76 valence electrons. The first-order chi connectivity index (χ1) is 6.11. The molecular weight excluding hydrogens is 162 g/mol. The number of rotatable bonds is 3. The summed E-state index contributed by atoms with van der Waals surface area (Å²) in [5.41, 5.74) is 0. The minimum absolute atomic E-state index is 0.115. The molecule has 0 aliphatic heterocycles. The summed E-state index contributed by atoms with van der Waals surface area (Å²) in [6.45, 7) is 6.02. The van der Waals surface area contributed by atoms with Crippen LogP contribution >= 0.6 is 0 Å². The highest BCUT2D eigenvalue weighted by Gasteiger charge is 2.23. The van der Waals surface area contributed by atoms with Crippen molar-refractivity contribution in [1.29, 1.82) is 0 Å². The van der Waals surface area contributed by atoms with E-state index >= 15 is 0 Å². The zero-order valence-electron chi connectivity index (χ0n) is 8.97. The van der Waals surface area contributed by atoms with Gasteiger partial charge in [0, 0.05) is 12.0 Å². The average Bonchev–Trinajstić information content (AvgIpc) is 2.55. The van der Waals surface area contributed by atoms with Crippen LogP contribution in [0.2, 0.25) is 0 Å². The number of hydrogen-bond donors (Lipinski definition) is 1. The number of carbonyl (C=O) groups is 1. The van der Waals surface area contributed by atoms with Crippen LogP contribution in [-0.2, 0) is 4.79 Å². The molecule has 0 aromatic carbocycles. The topological polar surface area (TPSA) is 29.1 Å². The molecule has 1 atom stereocenters. The molecule has 0 saturated heterocycles. The van der Waals surface area contributed by atoms with Crippen molar-refractivity contribution in [2.45, 2.75) is 52.5 Å². The lowest BCUT2D eigenvalue weighted by atomic mass is 9.99. The second-order valence-corrected chi connectivity index (χ2v) is 4.50. The van der Waals surface area contributed by atoms with Gasteiger partial charge in [0.15, 0.2) is 0 Å². The van der Waals surface area contributed by atoms with Crippen LogP contribution in [0.25, 0.3) is 0 Å². The Hall–Kier alpha value is -0.530. The largest absolute Gasteiger partial charge is 0.353 e. The minimum atomic E-state index is 0.115. The highest BCUT2D eigenvalue weighted by Crippen LogP contribution is 2.27. The number of carbonyl (C=O) groups excluding carboxylic acids is 1. The van der Waals surface area contributed by atoms with E-state index in [4.69, 9.17) is 0 Å². The number of nitrogens with one attached hydrogen (secondary N) is 1. The Balaban J connectivity index is 2.31. The van der Waals surface area contributed by atoms with Crippen LogP contribution in [0.3, 0.4) is 0 Å². The van der Waals surface area contributed by atoms with Crippen LogP contribution in [-0.4, -0.2) is 11.9 Å². The standard InChI is InChI=1S/C11H21NO/c1-8(2)11(13)12-9(3)10-6-4-5-7-10/h8-10H,4-7H2,1-3H3,(H,12,13). The van der Waals surface area contributed by atoms with Crippen LogP contribution in [0.1, 0.15) is 46.5 Å². The van der Waals surface area contributed by atoms with Crippen molar-refractivity contribution < 1.29 is 4.79 Å². The van der Waals surface area contributed by atoms with Crippen molar-refractivity contribution in [3.05, 3.63) is 0 Å². The van der Waals surface area contributed by atoms with E-state index in [1.807, 2.05) is 13.8 Å². The number of amides is 1. The van der Waals surface area contributed by atoms with E-state index in [9.17, 15) is 4.79 Å². The summed E-state index contributed by atoms with van der Waals surface area (Å²) in [4.78, 5) is 11.4. The fraction of sp³-hybridized carbons (Fsp3) is 0.909. The van der Waals surface area contributed by atoms with Crippen molar-refractivity contribution in [2.24, 2.45) is 11.8 Å². The van der Waals surface area contributed by atoms with Gasteiger partial charge in [0.25, 0.3) is 0 Å². The zero-order valence-corrected chi connectivity index (χ0v) is 8.97. The van der Waals surface area contributed by atoms with Crippen LogP contribution < -0.4 is 5.32 Å². The first-order valence-electron chi connectivity index (χ1n) is 5.41. The van der Waals surface area contributed by atoms with E-state index in [0.29, 0.717) is 6.04 Å². The van der Waals surface area contributed by atoms with E-state index in [1.54, 1.807) is 0 Å². The van der Waals surface area contributed by atoms with Crippen LogP contribution in [0.5, 0.6) is 0 Å². The molecule has 0 bridgehead atoms. The van der Waals surface area contributed by atoms with Gasteiger partial charge in [-0.1, -0.05) is 26.7 Å². The van der Waals surface area contributed by atoms with Crippen LogP contribution in [0, 0.1) is 11.8 Å². The van der Waals surface area contributed by atoms with Gasteiger partial charge >= 0.3 is 0 Å². The maximum absolute atomic E-state index is 11.4. The summed E-state index contributed by atoms with van der Waals surface area (Å²) >= 11 is 0. The van der Waals surface area contributed by atoms with E-state index in [-0.39, 0.29) is 11.8 Å². The van der Waals surface area contributed by atoms with E-state index in [2.05, 4.69) is 12.2 Å². The third-order valence-corrected chi connectivity index (χ3v) is 3.00. The average molecular weight is 183 g/mol. The second-order valence-electron chi connectivity index (χ2n) is 4.50. The molecule has 1 fully saturated rings. The zero-order chi connectivity index (χ0) is 9.84. The van der Waals surface area contributed by atoms with Crippen molar-refractivity contribution in [2.75, 3.05) is 0 Å². The van der Waals surface area contributed by atoms with Crippen molar-refractivity contribution in [3.63, 3.8) is 0 Å². The molecule has 1 aliphatic rings. The fourth-order valence-corrected chi connectivity index (χ4v) is 1.97. The molecule has 0 aromatic rings. The summed E-state index contributed by atoms with van der Waals surface area (Å²) < 4.78 is 0. The van der Waals surface area contributed by atoms with Crippen molar-refractivity contribution >= 4 is 5.91 Å². The Morgan fingerprint density at radius 2 is 1.77 bits per heavy atom. The first-order valence-corrected chi connectivity index (χ1v) is 5.41. The Morgan fingerprint density at radius 1 is 1.23 bits per heavy atom. The van der Waals surface area contributed by atoms with Gasteiger partial charge in [0.05, 0.1) is 0 Å². The molecule has 0 aromatic heterocycles. The quantitative estimate of drug-likeness (QED) is 0.715. The Kier molecular flexibility index (Phi) is 3.76. The van der Waals surface area contributed by atoms with Crippen LogP contribution in [0.15, 0.2) is 0 Å². The van der Waals surface area contributed by atoms with Gasteiger partial charge in [-0.2, -0.15) is 0 Å². The lowest BCUT2D eigenvalue weighted by Crippen LogP contribution is -2.39. The first kappa shape index (κ1) is 10.6. The lowest BCUT2D eigenvalue weighted by molar-refractivity contribution is -0.124. The summed E-state index contributed by atoms with van der Waals surface area (Å²) in [5, 5.41) is 3.08. The molecule has 1 rings (SSSR count). The summed E-state index contributed by atoms with van der Waals surface area (Å²) in [6.07, 6.45) is 5.26. The van der Waals surface area contributed by atoms with Gasteiger partial charge in [-0.05, 0) is 25.7 Å². The maximum atomic E-state index is 11.4. The smallest absolute Gasteiger partial charge is 0.222 e. The molecule has 1 saturated carbocycles. The highest BCUT2D eigenvalue weighted by molar-refractivity contribution is 5.78. The molecule has 1 aliphatic carbocycles. The summed E-state index contributed by atoms with van der Waals surface area (Å²) in [5.74, 6) is 1.03. The fourth-order valence-electron chi connectivity index (χ4n) is 1.97.